The van der Waals surface area contributed by atoms with Crippen LogP contribution in [0, 0.1) is 0 Å². The molecule has 0 radical (unpaired) electrons. The smallest absolute Gasteiger partial charge is 0.251 e. The minimum atomic E-state index is -0.126. The highest BCUT2D eigenvalue weighted by molar-refractivity contribution is 6.30. The highest BCUT2D eigenvalue weighted by Gasteiger charge is 2.27. The van der Waals surface area contributed by atoms with E-state index in [9.17, 15) is 9.59 Å². The molecule has 1 aromatic carbocycles. The first kappa shape index (κ1) is 19.2. The molecule has 1 saturated heterocycles. The number of carbonyl (C=O) groups is 2. The van der Waals surface area contributed by atoms with Gasteiger partial charge in [-0.3, -0.25) is 14.5 Å². The molecule has 0 bridgehead atoms. The quantitative estimate of drug-likeness (QED) is 0.775. The predicted octanol–water partition coefficient (Wildman–Crippen LogP) is 2.94. The van der Waals surface area contributed by atoms with Crippen molar-refractivity contribution in [3.63, 3.8) is 0 Å². The maximum Gasteiger partial charge on any atom is 0.251 e. The van der Waals surface area contributed by atoms with Gasteiger partial charge in [-0.2, -0.15) is 0 Å². The summed E-state index contributed by atoms with van der Waals surface area (Å²) in [6.07, 6.45) is 6.50. The largest absolute Gasteiger partial charge is 0.352 e. The van der Waals surface area contributed by atoms with E-state index in [-0.39, 0.29) is 11.8 Å². The van der Waals surface area contributed by atoms with Crippen molar-refractivity contribution in [2.75, 3.05) is 32.7 Å². The maximum atomic E-state index is 12.4. The summed E-state index contributed by atoms with van der Waals surface area (Å²) in [4.78, 5) is 28.9. The summed E-state index contributed by atoms with van der Waals surface area (Å²) in [5.41, 5.74) is 0.587. The Labute approximate surface area is 160 Å². The number of nitrogens with one attached hydrogen (secondary N) is 1. The number of benzene rings is 1. The van der Waals surface area contributed by atoms with Gasteiger partial charge in [0.15, 0.2) is 0 Å². The molecule has 0 spiro atoms. The van der Waals surface area contributed by atoms with Crippen LogP contribution in [-0.4, -0.2) is 60.4 Å². The lowest BCUT2D eigenvalue weighted by atomic mass is 10.1. The van der Waals surface area contributed by atoms with Crippen molar-refractivity contribution in [3.8, 4) is 0 Å². The summed E-state index contributed by atoms with van der Waals surface area (Å²) >= 11 is 5.82. The van der Waals surface area contributed by atoms with Gasteiger partial charge >= 0.3 is 0 Å². The Kier molecular flexibility index (Phi) is 6.92. The fourth-order valence-corrected chi connectivity index (χ4v) is 4.03. The number of halogens is 1. The van der Waals surface area contributed by atoms with Crippen molar-refractivity contribution < 1.29 is 9.59 Å². The summed E-state index contributed by atoms with van der Waals surface area (Å²) in [6.45, 7) is 4.20. The molecule has 1 aliphatic carbocycles. The summed E-state index contributed by atoms with van der Waals surface area (Å²) in [6, 6.07) is 7.55. The lowest BCUT2D eigenvalue weighted by Crippen LogP contribution is -2.51. The molecular weight excluding hydrogens is 350 g/mol. The second kappa shape index (κ2) is 9.38. The van der Waals surface area contributed by atoms with Crippen LogP contribution in [-0.2, 0) is 4.79 Å². The van der Waals surface area contributed by atoms with Crippen molar-refractivity contribution in [2.45, 2.75) is 44.6 Å². The Morgan fingerprint density at radius 1 is 1.04 bits per heavy atom. The first-order chi connectivity index (χ1) is 12.6. The van der Waals surface area contributed by atoms with E-state index >= 15 is 0 Å². The fraction of sp³-hybridized carbons (Fsp3) is 0.600. The number of carbonyl (C=O) groups excluding carboxylic acids is 2. The van der Waals surface area contributed by atoms with Crippen LogP contribution in [0.5, 0.6) is 0 Å². The summed E-state index contributed by atoms with van der Waals surface area (Å²) in [5.74, 6) is 0.0797. The lowest BCUT2D eigenvalue weighted by molar-refractivity contribution is -0.133. The zero-order valence-corrected chi connectivity index (χ0v) is 16.0. The van der Waals surface area contributed by atoms with Gasteiger partial charge in [-0.25, -0.2) is 0 Å². The second-order valence-electron chi connectivity index (χ2n) is 7.22. The average Bonchev–Trinajstić information content (AvgIpc) is 3.20. The molecule has 1 saturated carbocycles. The van der Waals surface area contributed by atoms with Gasteiger partial charge in [0.1, 0.15) is 0 Å². The van der Waals surface area contributed by atoms with Gasteiger partial charge in [0.05, 0.1) is 0 Å². The third-order valence-corrected chi connectivity index (χ3v) is 5.72. The molecule has 1 aliphatic heterocycles. The van der Waals surface area contributed by atoms with Crippen LogP contribution in [0.15, 0.2) is 24.3 Å². The van der Waals surface area contributed by atoms with E-state index in [0.29, 0.717) is 30.0 Å². The van der Waals surface area contributed by atoms with Crippen LogP contribution in [0.25, 0.3) is 0 Å². The second-order valence-corrected chi connectivity index (χ2v) is 7.66. The number of piperazine rings is 1. The average molecular weight is 378 g/mol. The third-order valence-electron chi connectivity index (χ3n) is 5.47. The molecule has 1 aromatic rings. The van der Waals surface area contributed by atoms with Gasteiger partial charge < -0.3 is 10.2 Å². The first-order valence-electron chi connectivity index (χ1n) is 9.69. The molecule has 1 heterocycles. The third kappa shape index (κ3) is 5.21. The molecule has 5 nitrogen and oxygen atoms in total. The van der Waals surface area contributed by atoms with E-state index in [1.54, 1.807) is 24.3 Å². The molecule has 2 fully saturated rings. The molecule has 0 unspecified atom stereocenters. The van der Waals surface area contributed by atoms with Gasteiger partial charge in [-0.15, -0.1) is 0 Å². The SMILES string of the molecule is O=C(NCCCC(=O)N1CCN(C2CCCC2)CC1)c1ccc(Cl)cc1. The Balaban J connectivity index is 1.32. The highest BCUT2D eigenvalue weighted by atomic mass is 35.5. The van der Waals surface area contributed by atoms with Gasteiger partial charge in [-0.05, 0) is 43.5 Å². The van der Waals surface area contributed by atoms with E-state index in [1.165, 1.54) is 25.7 Å². The zero-order valence-electron chi connectivity index (χ0n) is 15.3. The fourth-order valence-electron chi connectivity index (χ4n) is 3.91. The zero-order chi connectivity index (χ0) is 18.4. The molecule has 1 N–H and O–H groups in total. The van der Waals surface area contributed by atoms with E-state index < -0.39 is 0 Å². The topological polar surface area (TPSA) is 52.7 Å². The van der Waals surface area contributed by atoms with Gasteiger partial charge in [0, 0.05) is 55.8 Å². The molecule has 2 amide bonds. The molecule has 0 aromatic heterocycles. The van der Waals surface area contributed by atoms with E-state index in [4.69, 9.17) is 11.6 Å². The Morgan fingerprint density at radius 2 is 1.69 bits per heavy atom. The number of hydrogen-bond donors (Lipinski definition) is 1. The van der Waals surface area contributed by atoms with Gasteiger partial charge in [0.2, 0.25) is 5.91 Å². The molecule has 26 heavy (non-hydrogen) atoms. The van der Waals surface area contributed by atoms with Crippen molar-refractivity contribution in [2.24, 2.45) is 0 Å². The first-order valence-corrected chi connectivity index (χ1v) is 10.1. The van der Waals surface area contributed by atoms with E-state index in [2.05, 4.69) is 10.2 Å². The van der Waals surface area contributed by atoms with Crippen LogP contribution in [0.4, 0.5) is 0 Å². The Bertz CT molecular complexity index is 606. The molecular formula is C20H28ClN3O2. The van der Waals surface area contributed by atoms with Crippen LogP contribution in [0.2, 0.25) is 5.02 Å². The Hall–Kier alpha value is -1.59. The highest BCUT2D eigenvalue weighted by Crippen LogP contribution is 2.24. The summed E-state index contributed by atoms with van der Waals surface area (Å²) in [5, 5.41) is 3.47. The maximum absolute atomic E-state index is 12.4. The van der Waals surface area contributed by atoms with Crippen molar-refractivity contribution in [1.29, 1.82) is 0 Å². The molecule has 0 atom stereocenters. The normalized spacial score (nSPS) is 18.9. The van der Waals surface area contributed by atoms with Crippen molar-refractivity contribution >= 4 is 23.4 Å². The van der Waals surface area contributed by atoms with Crippen LogP contribution < -0.4 is 5.32 Å². The van der Waals surface area contributed by atoms with Crippen LogP contribution in [0.1, 0.15) is 48.9 Å². The van der Waals surface area contributed by atoms with Gasteiger partial charge in [-0.1, -0.05) is 24.4 Å². The number of nitrogens with zero attached hydrogens (tertiary/aromatic N) is 2. The van der Waals surface area contributed by atoms with Crippen LogP contribution >= 0.6 is 11.6 Å². The Morgan fingerprint density at radius 3 is 2.35 bits per heavy atom. The molecule has 2 aliphatic rings. The van der Waals surface area contributed by atoms with Crippen molar-refractivity contribution in [3.05, 3.63) is 34.9 Å². The van der Waals surface area contributed by atoms with E-state index in [0.717, 1.165) is 32.2 Å². The van der Waals surface area contributed by atoms with Crippen molar-refractivity contribution in [1.82, 2.24) is 15.1 Å². The monoisotopic (exact) mass is 377 g/mol. The number of amides is 2. The minimum absolute atomic E-state index is 0.126. The molecule has 3 rings (SSSR count). The molecule has 142 valence electrons. The standard InChI is InChI=1S/C20H28ClN3O2/c21-17-9-7-16(8-10-17)20(26)22-11-3-6-19(25)24-14-12-23(13-15-24)18-4-1-2-5-18/h7-10,18H,1-6,11-15H2,(H,22,26). The molecule has 6 heteroatoms. The number of rotatable bonds is 6. The summed E-state index contributed by atoms with van der Waals surface area (Å²) < 4.78 is 0. The lowest BCUT2D eigenvalue weighted by Gasteiger charge is -2.38. The van der Waals surface area contributed by atoms with E-state index in [1.807, 2.05) is 4.90 Å². The van der Waals surface area contributed by atoms with Crippen LogP contribution in [0.3, 0.4) is 0 Å². The summed E-state index contributed by atoms with van der Waals surface area (Å²) in [7, 11) is 0. The minimum Gasteiger partial charge on any atom is -0.352 e. The predicted molar refractivity (Wildman–Crippen MR) is 103 cm³/mol. The number of hydrogen-bond acceptors (Lipinski definition) is 3. The van der Waals surface area contributed by atoms with Gasteiger partial charge in [0.25, 0.3) is 5.91 Å².